The highest BCUT2D eigenvalue weighted by atomic mass is 16.7. The van der Waals surface area contributed by atoms with Crippen molar-refractivity contribution in [2.75, 3.05) is 19.6 Å². The first-order chi connectivity index (χ1) is 7.36. The largest absolute Gasteiger partial charge is 0.434 e. The van der Waals surface area contributed by atoms with E-state index in [9.17, 15) is 4.79 Å². The van der Waals surface area contributed by atoms with Crippen LogP contribution in [0, 0.1) is 0 Å². The molecule has 0 aromatic heterocycles. The maximum absolute atomic E-state index is 11.6. The van der Waals surface area contributed by atoms with Gasteiger partial charge < -0.3 is 9.74 Å². The number of aliphatic imine (C=N–C) groups is 1. The second-order valence-corrected chi connectivity index (χ2v) is 3.65. The van der Waals surface area contributed by atoms with E-state index in [0.29, 0.717) is 6.54 Å². The highest BCUT2D eigenvalue weighted by Gasteiger charge is 2.19. The van der Waals surface area contributed by atoms with Gasteiger partial charge in [-0.3, -0.25) is 0 Å². The molecular weight excluding hydrogens is 194 g/mol. The van der Waals surface area contributed by atoms with E-state index in [4.69, 9.17) is 4.84 Å². The molecule has 5 heteroatoms. The Bertz CT molecular complexity index is 282. The zero-order chi connectivity index (χ0) is 10.5. The first-order valence-corrected chi connectivity index (χ1v) is 5.28. The normalized spacial score (nSPS) is 20.5. The number of rotatable bonds is 1. The van der Waals surface area contributed by atoms with Crippen LogP contribution in [0.15, 0.2) is 17.3 Å². The van der Waals surface area contributed by atoms with Crippen molar-refractivity contribution in [3.8, 4) is 0 Å². The van der Waals surface area contributed by atoms with E-state index in [1.54, 1.807) is 11.1 Å². The smallest absolute Gasteiger partial charge is 0.320 e. The number of hydroxylamine groups is 2. The third-order valence-electron chi connectivity index (χ3n) is 2.48. The summed E-state index contributed by atoms with van der Waals surface area (Å²) in [7, 11) is 0. The molecule has 0 spiro atoms. The van der Waals surface area contributed by atoms with Crippen LogP contribution in [0.25, 0.3) is 0 Å². The van der Waals surface area contributed by atoms with Gasteiger partial charge in [-0.2, -0.15) is 5.06 Å². The van der Waals surface area contributed by atoms with Crippen molar-refractivity contribution in [1.82, 2.24) is 9.96 Å². The van der Waals surface area contributed by atoms with Crippen molar-refractivity contribution >= 4 is 12.4 Å². The Morgan fingerprint density at radius 2 is 2.07 bits per heavy atom. The highest BCUT2D eigenvalue weighted by Crippen LogP contribution is 2.10. The van der Waals surface area contributed by atoms with Crippen molar-refractivity contribution in [2.24, 2.45) is 4.99 Å². The van der Waals surface area contributed by atoms with Crippen LogP contribution < -0.4 is 0 Å². The minimum atomic E-state index is -0.267. The summed E-state index contributed by atoms with van der Waals surface area (Å²) in [6.07, 6.45) is 8.12. The lowest BCUT2D eigenvalue weighted by Gasteiger charge is -2.28. The number of carbonyl (C=O) groups is 1. The Balaban J connectivity index is 1.80. The van der Waals surface area contributed by atoms with E-state index >= 15 is 0 Å². The fraction of sp³-hybridized carbons (Fsp3) is 0.600. The molecule has 5 nitrogen and oxygen atoms in total. The van der Waals surface area contributed by atoms with Crippen molar-refractivity contribution < 1.29 is 9.63 Å². The molecular formula is C10H15N3O2. The van der Waals surface area contributed by atoms with Gasteiger partial charge in [0.05, 0.1) is 6.54 Å². The number of hydrogen-bond acceptors (Lipinski definition) is 4. The predicted molar refractivity (Wildman–Crippen MR) is 56.2 cm³/mol. The Kier molecular flexibility index (Phi) is 3.22. The molecule has 0 radical (unpaired) electrons. The summed E-state index contributed by atoms with van der Waals surface area (Å²) in [6.45, 7) is 2.18. The maximum Gasteiger partial charge on any atom is 0.434 e. The van der Waals surface area contributed by atoms with E-state index in [1.807, 2.05) is 6.08 Å². The van der Waals surface area contributed by atoms with Gasteiger partial charge in [0.15, 0.2) is 0 Å². The number of hydrogen-bond donors (Lipinski definition) is 0. The number of carbonyl (C=O) groups excluding carboxylic acids is 1. The van der Waals surface area contributed by atoms with Gasteiger partial charge in [-0.15, -0.1) is 0 Å². The van der Waals surface area contributed by atoms with E-state index in [1.165, 1.54) is 17.8 Å². The molecule has 0 atom stereocenters. The molecule has 2 heterocycles. The molecule has 0 saturated carbocycles. The summed E-state index contributed by atoms with van der Waals surface area (Å²) in [5, 5.41) is 1.44. The Hall–Kier alpha value is -1.52. The second-order valence-electron chi connectivity index (χ2n) is 3.65. The van der Waals surface area contributed by atoms with Crippen molar-refractivity contribution in [3.05, 3.63) is 12.3 Å². The van der Waals surface area contributed by atoms with Crippen LogP contribution in [0.3, 0.4) is 0 Å². The molecule has 1 saturated heterocycles. The summed E-state index contributed by atoms with van der Waals surface area (Å²) in [5.74, 6) is 0. The van der Waals surface area contributed by atoms with Gasteiger partial charge in [0, 0.05) is 19.3 Å². The topological polar surface area (TPSA) is 45.1 Å². The lowest BCUT2D eigenvalue weighted by atomic mass is 10.1. The van der Waals surface area contributed by atoms with Gasteiger partial charge in [0.1, 0.15) is 6.34 Å². The number of likely N-dealkylation sites (tertiary alicyclic amines) is 1. The molecule has 0 aromatic carbocycles. The third-order valence-corrected chi connectivity index (χ3v) is 2.48. The van der Waals surface area contributed by atoms with Crippen LogP contribution in [0.5, 0.6) is 0 Å². The van der Waals surface area contributed by atoms with E-state index in [-0.39, 0.29) is 6.09 Å². The zero-order valence-electron chi connectivity index (χ0n) is 8.63. The van der Waals surface area contributed by atoms with Gasteiger partial charge >= 0.3 is 6.09 Å². The van der Waals surface area contributed by atoms with E-state index in [2.05, 4.69) is 4.99 Å². The van der Waals surface area contributed by atoms with Crippen LogP contribution in [0.2, 0.25) is 0 Å². The summed E-state index contributed by atoms with van der Waals surface area (Å²) in [6, 6.07) is 0. The minimum absolute atomic E-state index is 0.267. The van der Waals surface area contributed by atoms with Crippen LogP contribution in [0.4, 0.5) is 4.79 Å². The average Bonchev–Trinajstić information content (AvgIpc) is 2.31. The lowest BCUT2D eigenvalue weighted by molar-refractivity contribution is -0.0444. The molecule has 0 unspecified atom stereocenters. The Morgan fingerprint density at radius 1 is 1.27 bits per heavy atom. The molecule has 1 fully saturated rings. The van der Waals surface area contributed by atoms with Gasteiger partial charge in [-0.05, 0) is 25.3 Å². The number of amides is 1. The standard InChI is InChI=1S/C10H15N3O2/c14-10(12-6-2-1-3-7-12)15-13-8-4-5-11-9-13/h4-5,9H,1-3,6-8H2. The minimum Gasteiger partial charge on any atom is -0.320 e. The molecule has 0 N–H and O–H groups in total. The first kappa shape index (κ1) is 10.0. The summed E-state index contributed by atoms with van der Waals surface area (Å²) >= 11 is 0. The average molecular weight is 209 g/mol. The van der Waals surface area contributed by atoms with E-state index < -0.39 is 0 Å². The molecule has 2 aliphatic heterocycles. The van der Waals surface area contributed by atoms with Gasteiger partial charge in [-0.25, -0.2) is 9.79 Å². The fourth-order valence-corrected chi connectivity index (χ4v) is 1.67. The molecule has 1 amide bonds. The molecule has 82 valence electrons. The molecule has 2 aliphatic rings. The molecule has 2 rings (SSSR count). The van der Waals surface area contributed by atoms with Gasteiger partial charge in [0.25, 0.3) is 0 Å². The monoisotopic (exact) mass is 209 g/mol. The highest BCUT2D eigenvalue weighted by molar-refractivity contribution is 5.69. The van der Waals surface area contributed by atoms with Crippen LogP contribution >= 0.6 is 0 Å². The summed E-state index contributed by atoms with van der Waals surface area (Å²) in [5.41, 5.74) is 0. The predicted octanol–water partition coefficient (Wildman–Crippen LogP) is 1.38. The van der Waals surface area contributed by atoms with Gasteiger partial charge in [0.2, 0.25) is 0 Å². The molecule has 0 aromatic rings. The maximum atomic E-state index is 11.6. The zero-order valence-corrected chi connectivity index (χ0v) is 8.63. The van der Waals surface area contributed by atoms with Crippen LogP contribution in [-0.4, -0.2) is 42.0 Å². The number of piperidine rings is 1. The van der Waals surface area contributed by atoms with Crippen molar-refractivity contribution in [2.45, 2.75) is 19.3 Å². The van der Waals surface area contributed by atoms with Crippen molar-refractivity contribution in [3.63, 3.8) is 0 Å². The Morgan fingerprint density at radius 3 is 2.73 bits per heavy atom. The lowest BCUT2D eigenvalue weighted by Crippen LogP contribution is -2.40. The van der Waals surface area contributed by atoms with Gasteiger partial charge in [-0.1, -0.05) is 0 Å². The van der Waals surface area contributed by atoms with Crippen molar-refractivity contribution in [1.29, 1.82) is 0 Å². The number of nitrogens with zero attached hydrogens (tertiary/aromatic N) is 3. The summed E-state index contributed by atoms with van der Waals surface area (Å²) in [4.78, 5) is 22.4. The SMILES string of the molecule is O=C(ON1C=NC=CC1)N1CCCCC1. The molecule has 15 heavy (non-hydrogen) atoms. The van der Waals surface area contributed by atoms with E-state index in [0.717, 1.165) is 25.9 Å². The van der Waals surface area contributed by atoms with Crippen LogP contribution in [-0.2, 0) is 4.84 Å². The first-order valence-electron chi connectivity index (χ1n) is 5.28. The molecule has 0 aliphatic carbocycles. The quantitative estimate of drug-likeness (QED) is 0.655. The fourth-order valence-electron chi connectivity index (χ4n) is 1.67. The second kappa shape index (κ2) is 4.82. The van der Waals surface area contributed by atoms with Crippen LogP contribution in [0.1, 0.15) is 19.3 Å². The Labute approximate surface area is 89.0 Å². The third kappa shape index (κ3) is 2.71. The molecule has 0 bridgehead atoms. The summed E-state index contributed by atoms with van der Waals surface area (Å²) < 4.78 is 0.